The minimum Gasteiger partial charge on any atom is -0.343 e. The Morgan fingerprint density at radius 3 is 2.45 bits per heavy atom. The van der Waals surface area contributed by atoms with E-state index in [9.17, 15) is 22.8 Å². The molecule has 4 aromatic heterocycles. The molecule has 0 atom stereocenters. The molecule has 1 amide bonds. The first-order chi connectivity index (χ1) is 21.2. The van der Waals surface area contributed by atoms with Gasteiger partial charge in [0.1, 0.15) is 18.1 Å². The maximum atomic E-state index is 13.5. The molecule has 0 fully saturated rings. The Labute approximate surface area is 247 Å². The number of carbonyl (C=O) groups excluding carboxylic acids is 2. The van der Waals surface area contributed by atoms with Crippen LogP contribution in [0.1, 0.15) is 21.7 Å². The van der Waals surface area contributed by atoms with E-state index in [1.54, 1.807) is 12.1 Å². The van der Waals surface area contributed by atoms with Crippen molar-refractivity contribution in [3.05, 3.63) is 115 Å². The first-order valence-electron chi connectivity index (χ1n) is 13.3. The molecule has 13 heteroatoms. The number of nitrogens with one attached hydrogen (secondary N) is 1. The van der Waals surface area contributed by atoms with E-state index in [1.807, 2.05) is 60.7 Å². The SMILES string of the molecule is NCc1ccc(-c2nc3ccnc(C(=O)NCc4c[n+]5cccnc5n4OC(=O)C(F)(F)F)c3cc2-c2ccccc2)cc1. The molecule has 2 aromatic carbocycles. The van der Waals surface area contributed by atoms with E-state index in [4.69, 9.17) is 10.7 Å². The van der Waals surface area contributed by atoms with Gasteiger partial charge in [-0.3, -0.25) is 14.6 Å². The lowest BCUT2D eigenvalue weighted by Gasteiger charge is -2.14. The van der Waals surface area contributed by atoms with Crippen LogP contribution in [0.2, 0.25) is 0 Å². The van der Waals surface area contributed by atoms with Crippen molar-refractivity contribution in [3.63, 3.8) is 0 Å². The number of nitrogens with two attached hydrogens (primary N) is 1. The number of rotatable bonds is 7. The lowest BCUT2D eigenvalue weighted by atomic mass is 9.96. The molecule has 0 aliphatic heterocycles. The first-order valence-corrected chi connectivity index (χ1v) is 13.3. The van der Waals surface area contributed by atoms with Gasteiger partial charge in [-0.1, -0.05) is 59.6 Å². The van der Waals surface area contributed by atoms with Gasteiger partial charge in [-0.25, -0.2) is 14.2 Å². The first kappa shape index (κ1) is 28.4. The summed E-state index contributed by atoms with van der Waals surface area (Å²) in [5.41, 5.74) is 10.5. The zero-order chi connectivity index (χ0) is 30.8. The standard InChI is InChI=1S/C31H22F3N7O3/c32-31(33,34)29(43)44-41-22(18-40-14-4-12-37-30(40)41)17-38-28(42)27-24-15-23(20-5-2-1-3-6-20)26(39-25(24)11-13-36-27)21-9-7-19(16-35)8-10-21/h1-15,18H,16-17,35H2/p+1. The lowest BCUT2D eigenvalue weighted by Crippen LogP contribution is -2.35. The van der Waals surface area contributed by atoms with Crippen LogP contribution in [0, 0.1) is 0 Å². The third-order valence-corrected chi connectivity index (χ3v) is 6.83. The highest BCUT2D eigenvalue weighted by Crippen LogP contribution is 2.34. The highest BCUT2D eigenvalue weighted by atomic mass is 19.4. The van der Waals surface area contributed by atoms with Gasteiger partial charge >= 0.3 is 17.9 Å². The van der Waals surface area contributed by atoms with Gasteiger partial charge in [-0.05, 0) is 28.0 Å². The third kappa shape index (κ3) is 5.55. The Morgan fingerprint density at radius 1 is 0.955 bits per heavy atom. The number of nitrogens with zero attached hydrogens (tertiary/aromatic N) is 5. The van der Waals surface area contributed by atoms with Gasteiger partial charge in [0.2, 0.25) is 0 Å². The fraction of sp³-hybridized carbons (Fsp3) is 0.0968. The van der Waals surface area contributed by atoms with Crippen molar-refractivity contribution in [2.24, 2.45) is 5.73 Å². The smallest absolute Gasteiger partial charge is 0.343 e. The van der Waals surface area contributed by atoms with Gasteiger partial charge in [-0.2, -0.15) is 13.2 Å². The largest absolute Gasteiger partial charge is 0.495 e. The van der Waals surface area contributed by atoms with Gasteiger partial charge in [0, 0.05) is 35.3 Å². The lowest BCUT2D eigenvalue weighted by molar-refractivity contribution is -0.514. The van der Waals surface area contributed by atoms with Gasteiger partial charge in [0.15, 0.2) is 5.69 Å². The fourth-order valence-corrected chi connectivity index (χ4v) is 4.71. The number of aromatic nitrogens is 5. The highest BCUT2D eigenvalue weighted by Gasteiger charge is 2.44. The number of hydrogen-bond donors (Lipinski definition) is 2. The molecule has 0 radical (unpaired) electrons. The molecular formula is C31H23F3N7O3+. The molecule has 0 aliphatic rings. The van der Waals surface area contributed by atoms with Crippen molar-refractivity contribution in [1.29, 1.82) is 0 Å². The molecule has 0 saturated carbocycles. The maximum absolute atomic E-state index is 13.5. The van der Waals surface area contributed by atoms with Crippen LogP contribution in [-0.2, 0) is 17.9 Å². The molecule has 3 N–H and O–H groups in total. The molecule has 6 rings (SSSR count). The van der Waals surface area contributed by atoms with E-state index in [0.717, 1.165) is 22.3 Å². The van der Waals surface area contributed by atoms with Crippen LogP contribution >= 0.6 is 0 Å². The van der Waals surface area contributed by atoms with E-state index in [-0.39, 0.29) is 23.7 Å². The van der Waals surface area contributed by atoms with E-state index in [1.165, 1.54) is 29.2 Å². The number of hydrogen-bond acceptors (Lipinski definition) is 7. The van der Waals surface area contributed by atoms with Crippen molar-refractivity contribution in [2.75, 3.05) is 0 Å². The molecule has 44 heavy (non-hydrogen) atoms. The minimum atomic E-state index is -5.24. The quantitative estimate of drug-likeness (QED) is 0.268. The average Bonchev–Trinajstić information content (AvgIpc) is 3.39. The summed E-state index contributed by atoms with van der Waals surface area (Å²) < 4.78 is 40.9. The zero-order valence-corrected chi connectivity index (χ0v) is 22.8. The molecule has 4 heterocycles. The normalized spacial score (nSPS) is 11.5. The Bertz CT molecular complexity index is 2010. The van der Waals surface area contributed by atoms with Crippen LogP contribution < -0.4 is 20.3 Å². The molecule has 0 saturated heterocycles. The Morgan fingerprint density at radius 2 is 1.73 bits per heavy atom. The van der Waals surface area contributed by atoms with E-state index in [2.05, 4.69) is 20.1 Å². The van der Waals surface area contributed by atoms with Crippen LogP contribution in [-0.4, -0.2) is 37.7 Å². The molecule has 6 aromatic rings. The summed E-state index contributed by atoms with van der Waals surface area (Å²) in [6, 6.07) is 22.4. The van der Waals surface area contributed by atoms with Crippen molar-refractivity contribution in [3.8, 4) is 22.4 Å². The van der Waals surface area contributed by atoms with Gasteiger partial charge in [0.25, 0.3) is 5.91 Å². The Balaban J connectivity index is 1.37. The Kier molecular flexibility index (Phi) is 7.45. The minimum absolute atomic E-state index is 0.0289. The number of alkyl halides is 3. The monoisotopic (exact) mass is 598 g/mol. The van der Waals surface area contributed by atoms with E-state index >= 15 is 0 Å². The van der Waals surface area contributed by atoms with Gasteiger partial charge < -0.3 is 11.1 Å². The number of benzene rings is 2. The van der Waals surface area contributed by atoms with Gasteiger partial charge in [0.05, 0.1) is 24.0 Å². The zero-order valence-electron chi connectivity index (χ0n) is 22.8. The second kappa shape index (κ2) is 11.5. The van der Waals surface area contributed by atoms with Crippen LogP contribution in [0.4, 0.5) is 13.2 Å². The van der Waals surface area contributed by atoms with E-state index in [0.29, 0.717) is 27.9 Å². The second-order valence-electron chi connectivity index (χ2n) is 9.68. The van der Waals surface area contributed by atoms with Crippen molar-refractivity contribution in [2.45, 2.75) is 19.3 Å². The van der Waals surface area contributed by atoms with Crippen LogP contribution in [0.5, 0.6) is 0 Å². The van der Waals surface area contributed by atoms with Crippen molar-refractivity contribution >= 4 is 28.6 Å². The van der Waals surface area contributed by atoms with Crippen molar-refractivity contribution < 1.29 is 32.0 Å². The summed E-state index contributed by atoms with van der Waals surface area (Å²) in [5, 5.41) is 3.13. The summed E-state index contributed by atoms with van der Waals surface area (Å²) in [6.45, 7) is 0.0950. The maximum Gasteiger partial charge on any atom is 0.495 e. The number of carbonyl (C=O) groups is 2. The predicted molar refractivity (Wildman–Crippen MR) is 153 cm³/mol. The summed E-state index contributed by atoms with van der Waals surface area (Å²) >= 11 is 0. The summed E-state index contributed by atoms with van der Waals surface area (Å²) in [7, 11) is 0. The fourth-order valence-electron chi connectivity index (χ4n) is 4.71. The second-order valence-corrected chi connectivity index (χ2v) is 9.68. The molecule has 10 nitrogen and oxygen atoms in total. The molecular weight excluding hydrogens is 575 g/mol. The predicted octanol–water partition coefficient (Wildman–Crippen LogP) is 3.81. The topological polar surface area (TPSA) is 129 Å². The Hall–Kier alpha value is -5.69. The number of fused-ring (bicyclic) bond motifs is 2. The third-order valence-electron chi connectivity index (χ3n) is 6.83. The summed E-state index contributed by atoms with van der Waals surface area (Å²) in [6.07, 6.45) is 0.442. The number of pyridine rings is 2. The highest BCUT2D eigenvalue weighted by molar-refractivity contribution is 6.06. The molecule has 0 spiro atoms. The summed E-state index contributed by atoms with van der Waals surface area (Å²) in [4.78, 5) is 42.9. The average molecular weight is 599 g/mol. The number of amides is 1. The van der Waals surface area contributed by atoms with Gasteiger partial charge in [-0.15, -0.1) is 0 Å². The number of imidazole rings is 1. The van der Waals surface area contributed by atoms with Crippen molar-refractivity contribution in [1.82, 2.24) is 25.0 Å². The van der Waals surface area contributed by atoms with Crippen LogP contribution in [0.25, 0.3) is 39.1 Å². The molecule has 0 bridgehead atoms. The number of halogens is 3. The van der Waals surface area contributed by atoms with Crippen LogP contribution in [0.15, 0.2) is 97.6 Å². The van der Waals surface area contributed by atoms with E-state index < -0.39 is 18.1 Å². The molecule has 0 aliphatic carbocycles. The molecule has 220 valence electrons. The van der Waals surface area contributed by atoms with Crippen LogP contribution in [0.3, 0.4) is 0 Å². The summed E-state index contributed by atoms with van der Waals surface area (Å²) in [5.74, 6) is -3.15. The molecule has 0 unspecified atom stereocenters.